The SMILES string of the molecule is CCOc1ccc(CN2CCC[C@H](N3CCN(c4ccccc4C)CC3)C2)cc1CO. The number of aryl methyl sites for hydroxylation is 1. The van der Waals surface area contributed by atoms with Gasteiger partial charge in [-0.25, -0.2) is 0 Å². The van der Waals surface area contributed by atoms with Crippen molar-refractivity contribution in [2.75, 3.05) is 50.8 Å². The molecule has 0 aliphatic carbocycles. The van der Waals surface area contributed by atoms with E-state index in [2.05, 4.69) is 58.0 Å². The molecule has 0 saturated carbocycles. The molecule has 1 N–H and O–H groups in total. The summed E-state index contributed by atoms with van der Waals surface area (Å²) in [5.41, 5.74) is 4.91. The fraction of sp³-hybridized carbons (Fsp3) is 0.538. The highest BCUT2D eigenvalue weighted by Gasteiger charge is 2.28. The van der Waals surface area contributed by atoms with E-state index in [1.54, 1.807) is 0 Å². The van der Waals surface area contributed by atoms with Gasteiger partial charge in [-0.15, -0.1) is 0 Å². The third-order valence-electron chi connectivity index (χ3n) is 6.77. The average Bonchev–Trinajstić information content (AvgIpc) is 2.81. The van der Waals surface area contributed by atoms with Gasteiger partial charge in [0.25, 0.3) is 0 Å². The minimum absolute atomic E-state index is 0.0248. The van der Waals surface area contributed by atoms with Gasteiger partial charge in [0, 0.05) is 56.6 Å². The van der Waals surface area contributed by atoms with E-state index in [0.717, 1.165) is 57.1 Å². The van der Waals surface area contributed by atoms with Crippen molar-refractivity contribution in [3.63, 3.8) is 0 Å². The van der Waals surface area contributed by atoms with E-state index in [9.17, 15) is 5.11 Å². The lowest BCUT2D eigenvalue weighted by Crippen LogP contribution is -2.55. The second-order valence-electron chi connectivity index (χ2n) is 8.87. The molecule has 0 spiro atoms. The second-order valence-corrected chi connectivity index (χ2v) is 8.87. The average molecular weight is 424 g/mol. The van der Waals surface area contributed by atoms with Crippen molar-refractivity contribution in [2.24, 2.45) is 0 Å². The number of ether oxygens (including phenoxy) is 1. The van der Waals surface area contributed by atoms with Gasteiger partial charge in [0.2, 0.25) is 0 Å². The number of rotatable bonds is 7. The normalized spacial score (nSPS) is 20.7. The molecule has 2 aromatic carbocycles. The first-order chi connectivity index (χ1) is 15.2. The first kappa shape index (κ1) is 22.1. The summed E-state index contributed by atoms with van der Waals surface area (Å²) in [6, 6.07) is 15.7. The van der Waals surface area contributed by atoms with E-state index in [4.69, 9.17) is 4.74 Å². The smallest absolute Gasteiger partial charge is 0.124 e. The van der Waals surface area contributed by atoms with Crippen LogP contribution in [0.15, 0.2) is 42.5 Å². The molecule has 2 aliphatic heterocycles. The first-order valence-electron chi connectivity index (χ1n) is 11.8. The third-order valence-corrected chi connectivity index (χ3v) is 6.77. The predicted molar refractivity (Wildman–Crippen MR) is 127 cm³/mol. The van der Waals surface area contributed by atoms with Crippen LogP contribution < -0.4 is 9.64 Å². The lowest BCUT2D eigenvalue weighted by atomic mass is 10.0. The van der Waals surface area contributed by atoms with Crippen LogP contribution in [-0.4, -0.2) is 66.8 Å². The van der Waals surface area contributed by atoms with E-state index < -0.39 is 0 Å². The number of para-hydroxylation sites is 1. The molecular formula is C26H37N3O2. The molecule has 2 aromatic rings. The standard InChI is InChI=1S/C26H37N3O2/c1-3-31-26-11-10-22(17-23(26)20-30)18-27-12-6-8-24(19-27)28-13-15-29(16-14-28)25-9-5-4-7-21(25)2/h4-5,7,9-11,17,24,30H,3,6,8,12-16,18-20H2,1-2H3/t24-/m0/s1. The molecule has 1 atom stereocenters. The Morgan fingerprint density at radius 3 is 2.58 bits per heavy atom. The van der Waals surface area contributed by atoms with Crippen molar-refractivity contribution in [1.82, 2.24) is 9.80 Å². The molecule has 2 saturated heterocycles. The van der Waals surface area contributed by atoms with Gasteiger partial charge >= 0.3 is 0 Å². The third kappa shape index (κ3) is 5.40. The summed E-state index contributed by atoms with van der Waals surface area (Å²) in [4.78, 5) is 7.83. The van der Waals surface area contributed by atoms with Gasteiger partial charge in [0.15, 0.2) is 0 Å². The highest BCUT2D eigenvalue weighted by molar-refractivity contribution is 5.53. The maximum absolute atomic E-state index is 9.70. The monoisotopic (exact) mass is 423 g/mol. The minimum atomic E-state index is 0.0248. The maximum Gasteiger partial charge on any atom is 0.124 e. The van der Waals surface area contributed by atoms with Gasteiger partial charge in [-0.2, -0.15) is 0 Å². The molecule has 5 nitrogen and oxygen atoms in total. The Morgan fingerprint density at radius 2 is 1.84 bits per heavy atom. The highest BCUT2D eigenvalue weighted by atomic mass is 16.5. The second kappa shape index (κ2) is 10.5. The molecule has 0 bridgehead atoms. The Balaban J connectivity index is 1.32. The molecule has 5 heteroatoms. The molecule has 31 heavy (non-hydrogen) atoms. The number of aliphatic hydroxyl groups is 1. The quantitative estimate of drug-likeness (QED) is 0.736. The van der Waals surface area contributed by atoms with Crippen LogP contribution in [0.3, 0.4) is 0 Å². The van der Waals surface area contributed by atoms with Crippen LogP contribution in [0.25, 0.3) is 0 Å². The topological polar surface area (TPSA) is 39.2 Å². The summed E-state index contributed by atoms with van der Waals surface area (Å²) in [5, 5.41) is 9.70. The van der Waals surface area contributed by atoms with E-state index >= 15 is 0 Å². The number of nitrogens with zero attached hydrogens (tertiary/aromatic N) is 3. The molecule has 4 rings (SSSR count). The number of aliphatic hydroxyl groups excluding tert-OH is 1. The molecule has 0 amide bonds. The maximum atomic E-state index is 9.70. The molecule has 0 radical (unpaired) electrons. The Kier molecular flexibility index (Phi) is 7.49. The van der Waals surface area contributed by atoms with Crippen molar-refractivity contribution < 1.29 is 9.84 Å². The summed E-state index contributed by atoms with van der Waals surface area (Å²) in [5.74, 6) is 0.803. The Labute approximate surface area is 187 Å². The summed E-state index contributed by atoms with van der Waals surface area (Å²) in [6.45, 7) is 12.6. The van der Waals surface area contributed by atoms with Crippen LogP contribution in [0.2, 0.25) is 0 Å². The minimum Gasteiger partial charge on any atom is -0.494 e. The van der Waals surface area contributed by atoms with Crippen molar-refractivity contribution >= 4 is 5.69 Å². The number of hydrogen-bond donors (Lipinski definition) is 1. The predicted octanol–water partition coefficient (Wildman–Crippen LogP) is 3.67. The first-order valence-corrected chi connectivity index (χ1v) is 11.8. The number of anilines is 1. The van der Waals surface area contributed by atoms with Gasteiger partial charge in [-0.3, -0.25) is 9.80 Å². The Bertz CT molecular complexity index is 848. The Morgan fingerprint density at radius 1 is 1.03 bits per heavy atom. The summed E-state index contributed by atoms with van der Waals surface area (Å²) in [7, 11) is 0. The molecule has 2 heterocycles. The van der Waals surface area contributed by atoms with Crippen LogP contribution in [0, 0.1) is 6.92 Å². The molecule has 168 valence electrons. The summed E-state index contributed by atoms with van der Waals surface area (Å²) < 4.78 is 5.63. The molecule has 2 fully saturated rings. The Hall–Kier alpha value is -2.08. The fourth-order valence-corrected chi connectivity index (χ4v) is 5.13. The van der Waals surface area contributed by atoms with Crippen molar-refractivity contribution in [3.05, 3.63) is 59.2 Å². The number of benzene rings is 2. The van der Waals surface area contributed by atoms with Crippen molar-refractivity contribution in [2.45, 2.75) is 45.9 Å². The summed E-state index contributed by atoms with van der Waals surface area (Å²) >= 11 is 0. The fourth-order valence-electron chi connectivity index (χ4n) is 5.13. The largest absolute Gasteiger partial charge is 0.494 e. The zero-order valence-corrected chi connectivity index (χ0v) is 19.1. The molecule has 0 unspecified atom stereocenters. The molecule has 2 aliphatic rings. The van der Waals surface area contributed by atoms with Gasteiger partial charge in [-0.1, -0.05) is 24.3 Å². The number of likely N-dealkylation sites (tertiary alicyclic amines) is 1. The van der Waals surface area contributed by atoms with E-state index in [1.165, 1.54) is 29.7 Å². The van der Waals surface area contributed by atoms with E-state index in [-0.39, 0.29) is 6.61 Å². The van der Waals surface area contributed by atoms with Gasteiger partial charge in [-0.05, 0) is 62.6 Å². The lowest BCUT2D eigenvalue weighted by molar-refractivity contribution is 0.0887. The number of hydrogen-bond acceptors (Lipinski definition) is 5. The zero-order valence-electron chi connectivity index (χ0n) is 19.1. The lowest BCUT2D eigenvalue weighted by Gasteiger charge is -2.44. The number of piperidine rings is 1. The highest BCUT2D eigenvalue weighted by Crippen LogP contribution is 2.25. The van der Waals surface area contributed by atoms with Crippen molar-refractivity contribution in [1.29, 1.82) is 0 Å². The number of piperazine rings is 1. The van der Waals surface area contributed by atoms with Gasteiger partial charge in [0.05, 0.1) is 13.2 Å². The van der Waals surface area contributed by atoms with Crippen molar-refractivity contribution in [3.8, 4) is 5.75 Å². The van der Waals surface area contributed by atoms with Gasteiger partial charge < -0.3 is 14.7 Å². The van der Waals surface area contributed by atoms with Crippen LogP contribution >= 0.6 is 0 Å². The molecule has 0 aromatic heterocycles. The van der Waals surface area contributed by atoms with Crippen LogP contribution in [0.4, 0.5) is 5.69 Å². The van der Waals surface area contributed by atoms with Crippen LogP contribution in [0.5, 0.6) is 5.75 Å². The van der Waals surface area contributed by atoms with E-state index in [1.807, 2.05) is 13.0 Å². The van der Waals surface area contributed by atoms with Gasteiger partial charge in [0.1, 0.15) is 5.75 Å². The molecular weight excluding hydrogens is 386 g/mol. The zero-order chi connectivity index (χ0) is 21.6. The van der Waals surface area contributed by atoms with E-state index in [0.29, 0.717) is 12.6 Å². The van der Waals surface area contributed by atoms with Crippen LogP contribution in [-0.2, 0) is 13.2 Å². The summed E-state index contributed by atoms with van der Waals surface area (Å²) in [6.07, 6.45) is 2.55. The van der Waals surface area contributed by atoms with Crippen LogP contribution in [0.1, 0.15) is 36.5 Å².